The smallest absolute Gasteiger partial charge is 0.435 e. The Labute approximate surface area is 185 Å². The molecule has 1 aromatic carbocycles. The lowest BCUT2D eigenvalue weighted by molar-refractivity contribution is -0.141. The van der Waals surface area contributed by atoms with E-state index >= 15 is 0 Å². The summed E-state index contributed by atoms with van der Waals surface area (Å²) in [6.07, 6.45) is -4.70. The van der Waals surface area contributed by atoms with Gasteiger partial charge in [0.05, 0.1) is 19.1 Å². The number of aryl methyl sites for hydroxylation is 1. The number of aromatic nitrogens is 4. The summed E-state index contributed by atoms with van der Waals surface area (Å²) in [6, 6.07) is 6.67. The zero-order valence-electron chi connectivity index (χ0n) is 17.3. The van der Waals surface area contributed by atoms with Crippen molar-refractivity contribution >= 4 is 27.4 Å². The van der Waals surface area contributed by atoms with E-state index in [2.05, 4.69) is 25.1 Å². The maximum Gasteiger partial charge on any atom is 0.435 e. The largest absolute Gasteiger partial charge is 0.481 e. The van der Waals surface area contributed by atoms with E-state index in [1.54, 1.807) is 0 Å². The highest BCUT2D eigenvalue weighted by Gasteiger charge is 2.35. The normalized spacial score (nSPS) is 11.7. The molecule has 0 saturated carbocycles. The van der Waals surface area contributed by atoms with Gasteiger partial charge in [-0.3, -0.25) is 14.2 Å². The summed E-state index contributed by atoms with van der Waals surface area (Å²) in [5.74, 6) is -0.886. The monoisotopic (exact) mass is 486 g/mol. The molecule has 3 aromatic rings. The summed E-state index contributed by atoms with van der Waals surface area (Å²) in [5, 5.41) is 5.66. The molecule has 3 rings (SSSR count). The molecule has 1 amide bonds. The van der Waals surface area contributed by atoms with Gasteiger partial charge in [0.2, 0.25) is 5.88 Å². The molecule has 2 aromatic heterocycles. The summed E-state index contributed by atoms with van der Waals surface area (Å²) in [6.45, 7) is 0. The Morgan fingerprint density at radius 1 is 1.06 bits per heavy atom. The van der Waals surface area contributed by atoms with Crippen molar-refractivity contribution in [2.75, 3.05) is 24.3 Å². The number of amides is 1. The number of halogens is 3. The molecule has 0 unspecified atom stereocenters. The van der Waals surface area contributed by atoms with Crippen LogP contribution >= 0.6 is 0 Å². The number of hydrogen-bond donors (Lipinski definition) is 2. The van der Waals surface area contributed by atoms with Crippen molar-refractivity contribution in [3.63, 3.8) is 0 Å². The van der Waals surface area contributed by atoms with Crippen molar-refractivity contribution in [3.8, 4) is 11.9 Å². The molecule has 2 N–H and O–H groups in total. The summed E-state index contributed by atoms with van der Waals surface area (Å²) in [5.41, 5.74) is -1.38. The summed E-state index contributed by atoms with van der Waals surface area (Å²) < 4.78 is 76.5. The zero-order valence-corrected chi connectivity index (χ0v) is 18.2. The molecule has 0 aliphatic heterocycles. The molecule has 0 fully saturated rings. The van der Waals surface area contributed by atoms with Crippen molar-refractivity contribution in [2.24, 2.45) is 7.05 Å². The first-order chi connectivity index (χ1) is 15.4. The van der Waals surface area contributed by atoms with Crippen molar-refractivity contribution in [1.82, 2.24) is 19.7 Å². The number of benzene rings is 1. The molecule has 0 saturated heterocycles. The van der Waals surface area contributed by atoms with E-state index in [1.165, 1.54) is 51.6 Å². The first kappa shape index (κ1) is 23.8. The second-order valence-electron chi connectivity index (χ2n) is 6.40. The van der Waals surface area contributed by atoms with Crippen LogP contribution in [0, 0.1) is 0 Å². The standard InChI is InChI=1S/C18H17F3N6O5S/c1-27-12(8-13(25-27)18(19,20)21)16(28)22-10-4-6-11(7-5-10)33(29,30)26-14-9-15(31-2)24-17(23-14)32-3/h4-9H,1-3H3,(H,22,28)(H,23,24,26). The maximum absolute atomic E-state index is 12.8. The van der Waals surface area contributed by atoms with Crippen molar-refractivity contribution in [3.05, 3.63) is 47.8 Å². The first-order valence-corrected chi connectivity index (χ1v) is 10.4. The predicted molar refractivity (Wildman–Crippen MR) is 109 cm³/mol. The molecule has 0 radical (unpaired) electrons. The average molecular weight is 486 g/mol. The van der Waals surface area contributed by atoms with Gasteiger partial charge < -0.3 is 14.8 Å². The molecular formula is C18H17F3N6O5S. The SMILES string of the molecule is COc1cc(NS(=O)(=O)c2ccc(NC(=O)c3cc(C(F)(F)F)nn3C)cc2)nc(OC)n1. The van der Waals surface area contributed by atoms with Crippen LogP contribution in [-0.4, -0.2) is 48.3 Å². The van der Waals surface area contributed by atoms with Crippen molar-refractivity contribution < 1.29 is 35.9 Å². The van der Waals surface area contributed by atoms with E-state index in [0.717, 1.165) is 4.68 Å². The highest BCUT2D eigenvalue weighted by atomic mass is 32.2. The van der Waals surface area contributed by atoms with Gasteiger partial charge >= 0.3 is 12.2 Å². The lowest BCUT2D eigenvalue weighted by Gasteiger charge is -2.10. The number of sulfonamides is 1. The topological polar surface area (TPSA) is 137 Å². The third kappa shape index (κ3) is 5.49. The highest BCUT2D eigenvalue weighted by molar-refractivity contribution is 7.92. The average Bonchev–Trinajstić information content (AvgIpc) is 3.15. The van der Waals surface area contributed by atoms with E-state index in [1.807, 2.05) is 0 Å². The van der Waals surface area contributed by atoms with E-state index < -0.39 is 27.8 Å². The van der Waals surface area contributed by atoms with Gasteiger partial charge in [-0.15, -0.1) is 0 Å². The second-order valence-corrected chi connectivity index (χ2v) is 8.08. The Morgan fingerprint density at radius 2 is 1.73 bits per heavy atom. The molecule has 176 valence electrons. The van der Waals surface area contributed by atoms with Crippen LogP contribution in [0.25, 0.3) is 0 Å². The molecule has 0 spiro atoms. The number of carbonyl (C=O) groups excluding carboxylic acids is 1. The van der Waals surface area contributed by atoms with E-state index in [-0.39, 0.29) is 34.0 Å². The van der Waals surface area contributed by atoms with Crippen LogP contribution in [0.3, 0.4) is 0 Å². The Morgan fingerprint density at radius 3 is 2.27 bits per heavy atom. The van der Waals surface area contributed by atoms with Crippen LogP contribution in [0.4, 0.5) is 24.7 Å². The molecule has 11 nitrogen and oxygen atoms in total. The number of ether oxygens (including phenoxy) is 2. The van der Waals surface area contributed by atoms with Gasteiger partial charge in [0.25, 0.3) is 15.9 Å². The quantitative estimate of drug-likeness (QED) is 0.519. The third-order valence-electron chi connectivity index (χ3n) is 4.14. The van der Waals surface area contributed by atoms with Crippen LogP contribution in [0.1, 0.15) is 16.2 Å². The minimum absolute atomic E-state index is 0.0708. The predicted octanol–water partition coefficient (Wildman–Crippen LogP) is 2.30. The number of alkyl halides is 3. The van der Waals surface area contributed by atoms with Gasteiger partial charge in [-0.1, -0.05) is 0 Å². The Hall–Kier alpha value is -3.88. The molecule has 33 heavy (non-hydrogen) atoms. The number of nitrogens with zero attached hydrogens (tertiary/aromatic N) is 4. The molecule has 15 heteroatoms. The lowest BCUT2D eigenvalue weighted by Crippen LogP contribution is -2.17. The highest BCUT2D eigenvalue weighted by Crippen LogP contribution is 2.28. The Bertz CT molecular complexity index is 1250. The number of methoxy groups -OCH3 is 2. The van der Waals surface area contributed by atoms with Gasteiger partial charge in [0.15, 0.2) is 11.5 Å². The van der Waals surface area contributed by atoms with Crippen molar-refractivity contribution in [1.29, 1.82) is 0 Å². The number of anilines is 2. The zero-order chi connectivity index (χ0) is 24.4. The number of carbonyl (C=O) groups is 1. The van der Waals surface area contributed by atoms with Crippen LogP contribution in [0.15, 0.2) is 41.3 Å². The van der Waals surface area contributed by atoms with Gasteiger partial charge in [0.1, 0.15) is 5.69 Å². The van der Waals surface area contributed by atoms with E-state index in [0.29, 0.717) is 6.07 Å². The molecule has 0 aliphatic carbocycles. The molecule has 0 aliphatic rings. The third-order valence-corrected chi connectivity index (χ3v) is 5.51. The van der Waals surface area contributed by atoms with Crippen LogP contribution in [-0.2, 0) is 23.2 Å². The summed E-state index contributed by atoms with van der Waals surface area (Å²) in [7, 11) is -0.250. The number of hydrogen-bond acceptors (Lipinski definition) is 8. The Balaban J connectivity index is 1.76. The molecule has 0 bridgehead atoms. The van der Waals surface area contributed by atoms with Gasteiger partial charge in [0, 0.05) is 24.9 Å². The fourth-order valence-electron chi connectivity index (χ4n) is 2.58. The second kappa shape index (κ2) is 8.93. The lowest BCUT2D eigenvalue weighted by atomic mass is 10.3. The first-order valence-electron chi connectivity index (χ1n) is 8.95. The minimum Gasteiger partial charge on any atom is -0.481 e. The Kier molecular flexibility index (Phi) is 6.44. The fraction of sp³-hybridized carbons (Fsp3) is 0.222. The van der Waals surface area contributed by atoms with Crippen molar-refractivity contribution in [2.45, 2.75) is 11.1 Å². The van der Waals surface area contributed by atoms with E-state index in [4.69, 9.17) is 9.47 Å². The summed E-state index contributed by atoms with van der Waals surface area (Å²) in [4.78, 5) is 19.9. The molecular weight excluding hydrogens is 469 g/mol. The van der Waals surface area contributed by atoms with Crippen LogP contribution < -0.4 is 19.5 Å². The van der Waals surface area contributed by atoms with Gasteiger partial charge in [-0.2, -0.15) is 28.2 Å². The minimum atomic E-state index is -4.70. The van der Waals surface area contributed by atoms with Crippen LogP contribution in [0.5, 0.6) is 11.9 Å². The summed E-state index contributed by atoms with van der Waals surface area (Å²) >= 11 is 0. The van der Waals surface area contributed by atoms with Crippen LogP contribution in [0.2, 0.25) is 0 Å². The number of rotatable bonds is 7. The number of nitrogens with one attached hydrogen (secondary N) is 2. The fourth-order valence-corrected chi connectivity index (χ4v) is 3.57. The maximum atomic E-state index is 12.8. The molecule has 0 atom stereocenters. The van der Waals surface area contributed by atoms with Gasteiger partial charge in [-0.25, -0.2) is 8.42 Å². The van der Waals surface area contributed by atoms with Gasteiger partial charge in [-0.05, 0) is 24.3 Å². The van der Waals surface area contributed by atoms with E-state index in [9.17, 15) is 26.4 Å². The molecule has 2 heterocycles.